The van der Waals surface area contributed by atoms with Gasteiger partial charge in [0.25, 0.3) is 5.91 Å². The number of carbonyl (C=O) groups excluding carboxylic acids is 1. The first-order valence-electron chi connectivity index (χ1n) is 6.03. The highest BCUT2D eigenvalue weighted by Crippen LogP contribution is 2.25. The van der Waals surface area contributed by atoms with Crippen molar-refractivity contribution in [1.82, 2.24) is 0 Å². The Labute approximate surface area is 120 Å². The van der Waals surface area contributed by atoms with Crippen LogP contribution >= 0.6 is 0 Å². The minimum absolute atomic E-state index is 0.0235. The molecule has 2 rings (SSSR count). The van der Waals surface area contributed by atoms with Crippen LogP contribution in [0.5, 0.6) is 11.5 Å². The minimum atomic E-state index is -0.771. The number of ether oxygens (including phenoxy) is 2. The maximum absolute atomic E-state index is 13.1. The second-order valence-electron chi connectivity index (χ2n) is 4.18. The Bertz CT molecular complexity index is 654. The number of methoxy groups -OCH3 is 2. The van der Waals surface area contributed by atoms with Crippen LogP contribution in [0, 0.1) is 11.6 Å². The number of carbonyl (C=O) groups is 1. The molecule has 0 heterocycles. The Morgan fingerprint density at radius 3 is 2.24 bits per heavy atom. The summed E-state index contributed by atoms with van der Waals surface area (Å²) in [6.45, 7) is 0. The van der Waals surface area contributed by atoms with Crippen LogP contribution in [0.15, 0.2) is 36.4 Å². The summed E-state index contributed by atoms with van der Waals surface area (Å²) in [5, 5.41) is 2.41. The largest absolute Gasteiger partial charge is 0.497 e. The molecule has 0 saturated carbocycles. The molecule has 4 nitrogen and oxygen atoms in total. The van der Waals surface area contributed by atoms with Crippen LogP contribution in [-0.4, -0.2) is 20.1 Å². The molecule has 0 aliphatic heterocycles. The third kappa shape index (κ3) is 3.47. The SMILES string of the molecule is COc1ccc(C(=O)Nc2cc(F)cc(F)c2)c(OC)c1. The molecule has 2 aromatic carbocycles. The van der Waals surface area contributed by atoms with Gasteiger partial charge in [0.1, 0.15) is 23.1 Å². The Hall–Kier alpha value is -2.63. The van der Waals surface area contributed by atoms with Gasteiger partial charge in [-0.2, -0.15) is 0 Å². The average Bonchev–Trinajstić information content (AvgIpc) is 2.45. The molecule has 1 N–H and O–H groups in total. The maximum Gasteiger partial charge on any atom is 0.259 e. The predicted molar refractivity (Wildman–Crippen MR) is 73.9 cm³/mol. The van der Waals surface area contributed by atoms with Gasteiger partial charge in [-0.3, -0.25) is 4.79 Å². The van der Waals surface area contributed by atoms with Gasteiger partial charge in [-0.1, -0.05) is 0 Å². The van der Waals surface area contributed by atoms with Crippen molar-refractivity contribution in [2.45, 2.75) is 0 Å². The van der Waals surface area contributed by atoms with Crippen LogP contribution in [0.3, 0.4) is 0 Å². The van der Waals surface area contributed by atoms with Gasteiger partial charge in [0, 0.05) is 17.8 Å². The topological polar surface area (TPSA) is 47.6 Å². The summed E-state index contributed by atoms with van der Waals surface area (Å²) < 4.78 is 36.3. The molecular weight excluding hydrogens is 280 g/mol. The van der Waals surface area contributed by atoms with Gasteiger partial charge in [-0.05, 0) is 24.3 Å². The van der Waals surface area contributed by atoms with Crippen LogP contribution in [0.2, 0.25) is 0 Å². The first-order valence-corrected chi connectivity index (χ1v) is 6.03. The van der Waals surface area contributed by atoms with Crippen molar-refractivity contribution >= 4 is 11.6 Å². The molecule has 0 aromatic heterocycles. The second kappa shape index (κ2) is 6.21. The molecule has 0 unspecified atom stereocenters. The second-order valence-corrected chi connectivity index (χ2v) is 4.18. The van der Waals surface area contributed by atoms with Crippen LogP contribution < -0.4 is 14.8 Å². The van der Waals surface area contributed by atoms with E-state index in [1.807, 2.05) is 0 Å². The summed E-state index contributed by atoms with van der Waals surface area (Å²) in [6.07, 6.45) is 0. The zero-order valence-electron chi connectivity index (χ0n) is 11.4. The summed E-state index contributed by atoms with van der Waals surface area (Å²) in [4.78, 5) is 12.1. The van der Waals surface area contributed by atoms with Gasteiger partial charge in [-0.25, -0.2) is 8.78 Å². The zero-order valence-corrected chi connectivity index (χ0v) is 11.4. The first kappa shape index (κ1) is 14.8. The molecule has 2 aromatic rings. The van der Waals surface area contributed by atoms with Crippen LogP contribution in [0.4, 0.5) is 14.5 Å². The summed E-state index contributed by atoms with van der Waals surface area (Å²) in [6, 6.07) is 7.41. The third-order valence-electron chi connectivity index (χ3n) is 2.77. The maximum atomic E-state index is 13.1. The fraction of sp³-hybridized carbons (Fsp3) is 0.133. The van der Waals surface area contributed by atoms with Crippen LogP contribution in [0.25, 0.3) is 0 Å². The molecule has 0 saturated heterocycles. The molecule has 1 amide bonds. The molecule has 0 spiro atoms. The number of anilines is 1. The standard InChI is InChI=1S/C15H13F2NO3/c1-20-12-3-4-13(14(8-12)21-2)15(19)18-11-6-9(16)5-10(17)7-11/h3-8H,1-2H3,(H,18,19). The summed E-state index contributed by atoms with van der Waals surface area (Å²) in [5.41, 5.74) is 0.248. The number of benzene rings is 2. The van der Waals surface area contributed by atoms with E-state index in [-0.39, 0.29) is 11.3 Å². The monoisotopic (exact) mass is 293 g/mol. The molecule has 0 bridgehead atoms. The lowest BCUT2D eigenvalue weighted by Gasteiger charge is -2.11. The molecule has 110 valence electrons. The zero-order chi connectivity index (χ0) is 15.4. The number of halogens is 2. The number of amides is 1. The highest BCUT2D eigenvalue weighted by Gasteiger charge is 2.14. The number of hydrogen-bond acceptors (Lipinski definition) is 3. The van der Waals surface area contributed by atoms with E-state index in [0.717, 1.165) is 18.2 Å². The normalized spacial score (nSPS) is 10.1. The highest BCUT2D eigenvalue weighted by molar-refractivity contribution is 6.06. The van der Waals surface area contributed by atoms with E-state index in [1.165, 1.54) is 20.3 Å². The summed E-state index contributed by atoms with van der Waals surface area (Å²) in [5.74, 6) is -1.26. The van der Waals surface area contributed by atoms with E-state index in [2.05, 4.69) is 5.32 Å². The van der Waals surface area contributed by atoms with Gasteiger partial charge in [0.15, 0.2) is 0 Å². The molecule has 0 fully saturated rings. The van der Waals surface area contributed by atoms with Gasteiger partial charge in [0.05, 0.1) is 19.8 Å². The number of nitrogens with one attached hydrogen (secondary N) is 1. The first-order chi connectivity index (χ1) is 10.0. The lowest BCUT2D eigenvalue weighted by atomic mass is 10.1. The van der Waals surface area contributed by atoms with Crippen molar-refractivity contribution < 1.29 is 23.0 Å². The molecule has 0 atom stereocenters. The Kier molecular flexibility index (Phi) is 4.37. The van der Waals surface area contributed by atoms with E-state index in [9.17, 15) is 13.6 Å². The fourth-order valence-electron chi connectivity index (χ4n) is 1.81. The van der Waals surface area contributed by atoms with Crippen LogP contribution in [-0.2, 0) is 0 Å². The van der Waals surface area contributed by atoms with Gasteiger partial charge >= 0.3 is 0 Å². The Morgan fingerprint density at radius 1 is 1.00 bits per heavy atom. The molecule has 6 heteroatoms. The molecule has 0 radical (unpaired) electrons. The smallest absolute Gasteiger partial charge is 0.259 e. The molecular formula is C15H13F2NO3. The van der Waals surface area contributed by atoms with Crippen molar-refractivity contribution in [3.8, 4) is 11.5 Å². The minimum Gasteiger partial charge on any atom is -0.497 e. The lowest BCUT2D eigenvalue weighted by Crippen LogP contribution is -2.13. The van der Waals surface area contributed by atoms with Crippen molar-refractivity contribution in [3.63, 3.8) is 0 Å². The van der Waals surface area contributed by atoms with Crippen molar-refractivity contribution in [3.05, 3.63) is 53.6 Å². The molecule has 0 aliphatic rings. The summed E-state index contributed by atoms with van der Waals surface area (Å²) in [7, 11) is 2.90. The lowest BCUT2D eigenvalue weighted by molar-refractivity contribution is 0.102. The highest BCUT2D eigenvalue weighted by atomic mass is 19.1. The van der Waals surface area contributed by atoms with Crippen LogP contribution in [0.1, 0.15) is 10.4 Å². The molecule has 0 aliphatic carbocycles. The molecule has 21 heavy (non-hydrogen) atoms. The Balaban J connectivity index is 2.27. The van der Waals surface area contributed by atoms with Gasteiger partial charge in [0.2, 0.25) is 0 Å². The predicted octanol–water partition coefficient (Wildman–Crippen LogP) is 3.23. The third-order valence-corrected chi connectivity index (χ3v) is 2.77. The Morgan fingerprint density at radius 2 is 1.67 bits per heavy atom. The van der Waals surface area contributed by atoms with E-state index >= 15 is 0 Å². The van der Waals surface area contributed by atoms with E-state index in [0.29, 0.717) is 11.5 Å². The summed E-state index contributed by atoms with van der Waals surface area (Å²) >= 11 is 0. The number of hydrogen-bond donors (Lipinski definition) is 1. The van der Waals surface area contributed by atoms with E-state index in [4.69, 9.17) is 9.47 Å². The van der Waals surface area contributed by atoms with E-state index < -0.39 is 17.5 Å². The average molecular weight is 293 g/mol. The number of rotatable bonds is 4. The van der Waals surface area contributed by atoms with Crippen molar-refractivity contribution in [2.24, 2.45) is 0 Å². The quantitative estimate of drug-likeness (QED) is 0.941. The van der Waals surface area contributed by atoms with Gasteiger partial charge < -0.3 is 14.8 Å². The fourth-order valence-corrected chi connectivity index (χ4v) is 1.81. The van der Waals surface area contributed by atoms with Crippen molar-refractivity contribution in [2.75, 3.05) is 19.5 Å². The van der Waals surface area contributed by atoms with Gasteiger partial charge in [-0.15, -0.1) is 0 Å². The van der Waals surface area contributed by atoms with E-state index in [1.54, 1.807) is 12.1 Å². The van der Waals surface area contributed by atoms with Crippen molar-refractivity contribution in [1.29, 1.82) is 0 Å².